The third-order valence-corrected chi connectivity index (χ3v) is 3.51. The van der Waals surface area contributed by atoms with Crippen LogP contribution in [0.5, 0.6) is 11.5 Å². The van der Waals surface area contributed by atoms with Crippen molar-refractivity contribution in [2.75, 3.05) is 6.61 Å². The zero-order chi connectivity index (χ0) is 20.4. The van der Waals surface area contributed by atoms with Gasteiger partial charge in [0.25, 0.3) is 0 Å². The van der Waals surface area contributed by atoms with E-state index in [4.69, 9.17) is 9.47 Å². The second kappa shape index (κ2) is 10.7. The van der Waals surface area contributed by atoms with Gasteiger partial charge in [0.15, 0.2) is 11.5 Å². The lowest BCUT2D eigenvalue weighted by Gasteiger charge is -2.12. The summed E-state index contributed by atoms with van der Waals surface area (Å²) in [6.45, 7) is 6.33. The minimum atomic E-state index is -0.821. The van der Waals surface area contributed by atoms with E-state index in [9.17, 15) is 9.59 Å². The molecule has 7 heteroatoms. The number of amides is 2. The maximum atomic E-state index is 11.6. The summed E-state index contributed by atoms with van der Waals surface area (Å²) in [6, 6.07) is 15.0. The number of nitrogens with zero attached hydrogens (tertiary/aromatic N) is 1. The second-order valence-corrected chi connectivity index (χ2v) is 6.24. The standard InChI is InChI=1S/C21H25N3O4/c1-4-27-19-12-17(13-22-24-21(26)20(25)23-15(2)3)10-11-18(19)28-14-16-8-6-5-7-9-16/h5-13,15H,4,14H2,1-3H3,(H,23,25)(H,24,26)/b22-13-. The molecule has 7 nitrogen and oxygen atoms in total. The number of nitrogens with one attached hydrogen (secondary N) is 2. The molecule has 0 spiro atoms. The first-order chi connectivity index (χ1) is 13.5. The highest BCUT2D eigenvalue weighted by molar-refractivity contribution is 6.35. The Balaban J connectivity index is 2.00. The fourth-order valence-corrected chi connectivity index (χ4v) is 2.27. The van der Waals surface area contributed by atoms with Crippen LogP contribution in [0.3, 0.4) is 0 Å². The van der Waals surface area contributed by atoms with Gasteiger partial charge in [-0.3, -0.25) is 9.59 Å². The third kappa shape index (κ3) is 6.75. The molecule has 0 saturated heterocycles. The molecule has 0 aliphatic carbocycles. The number of benzene rings is 2. The summed E-state index contributed by atoms with van der Waals surface area (Å²) in [6.07, 6.45) is 1.43. The minimum Gasteiger partial charge on any atom is -0.490 e. The van der Waals surface area contributed by atoms with Crippen LogP contribution in [-0.4, -0.2) is 30.7 Å². The molecule has 0 heterocycles. The van der Waals surface area contributed by atoms with Gasteiger partial charge in [0, 0.05) is 6.04 Å². The van der Waals surface area contributed by atoms with Crippen LogP contribution in [0, 0.1) is 0 Å². The fourth-order valence-electron chi connectivity index (χ4n) is 2.27. The number of ether oxygens (including phenoxy) is 2. The van der Waals surface area contributed by atoms with Crippen molar-refractivity contribution in [3.63, 3.8) is 0 Å². The van der Waals surface area contributed by atoms with Crippen molar-refractivity contribution >= 4 is 18.0 Å². The van der Waals surface area contributed by atoms with E-state index in [1.165, 1.54) is 6.21 Å². The highest BCUT2D eigenvalue weighted by atomic mass is 16.5. The first-order valence-corrected chi connectivity index (χ1v) is 9.07. The normalized spacial score (nSPS) is 10.7. The second-order valence-electron chi connectivity index (χ2n) is 6.24. The Morgan fingerprint density at radius 1 is 1.04 bits per heavy atom. The predicted molar refractivity (Wildman–Crippen MR) is 107 cm³/mol. The van der Waals surface area contributed by atoms with Gasteiger partial charge in [-0.15, -0.1) is 0 Å². The Bertz CT molecular complexity index is 820. The first kappa shape index (κ1) is 21.0. The molecule has 2 rings (SSSR count). The first-order valence-electron chi connectivity index (χ1n) is 9.07. The van der Waals surface area contributed by atoms with Crippen molar-refractivity contribution in [2.24, 2.45) is 5.10 Å². The van der Waals surface area contributed by atoms with Gasteiger partial charge >= 0.3 is 11.8 Å². The average molecular weight is 383 g/mol. The maximum absolute atomic E-state index is 11.6. The fraction of sp³-hybridized carbons (Fsp3) is 0.286. The SMILES string of the molecule is CCOc1cc(/C=N\NC(=O)C(=O)NC(C)C)ccc1OCc1ccccc1. The highest BCUT2D eigenvalue weighted by Crippen LogP contribution is 2.28. The van der Waals surface area contributed by atoms with Gasteiger partial charge in [-0.2, -0.15) is 5.10 Å². The van der Waals surface area contributed by atoms with Crippen molar-refractivity contribution in [2.45, 2.75) is 33.4 Å². The number of hydrogen-bond donors (Lipinski definition) is 2. The van der Waals surface area contributed by atoms with Crippen molar-refractivity contribution in [1.82, 2.24) is 10.7 Å². The minimum absolute atomic E-state index is 0.126. The van der Waals surface area contributed by atoms with Crippen LogP contribution in [0.2, 0.25) is 0 Å². The lowest BCUT2D eigenvalue weighted by molar-refractivity contribution is -0.139. The highest BCUT2D eigenvalue weighted by Gasteiger charge is 2.13. The van der Waals surface area contributed by atoms with Crippen molar-refractivity contribution in [3.8, 4) is 11.5 Å². The van der Waals surface area contributed by atoms with Gasteiger partial charge in [0.05, 0.1) is 12.8 Å². The van der Waals surface area contributed by atoms with E-state index in [1.54, 1.807) is 32.0 Å². The topological polar surface area (TPSA) is 89.0 Å². The van der Waals surface area contributed by atoms with Crippen LogP contribution in [0.1, 0.15) is 31.9 Å². The Morgan fingerprint density at radius 3 is 2.46 bits per heavy atom. The van der Waals surface area contributed by atoms with Gasteiger partial charge in [-0.05, 0) is 50.1 Å². The Kier molecular flexibility index (Phi) is 8.02. The molecule has 2 N–H and O–H groups in total. The molecule has 2 aromatic carbocycles. The molecule has 2 aromatic rings. The summed E-state index contributed by atoms with van der Waals surface area (Å²) < 4.78 is 11.5. The Labute approximate surface area is 164 Å². The molecule has 0 saturated carbocycles. The quantitative estimate of drug-likeness (QED) is 0.417. The molecule has 28 heavy (non-hydrogen) atoms. The summed E-state index contributed by atoms with van der Waals surface area (Å²) in [4.78, 5) is 23.2. The Hall–Kier alpha value is -3.35. The van der Waals surface area contributed by atoms with E-state index in [0.717, 1.165) is 5.56 Å². The summed E-state index contributed by atoms with van der Waals surface area (Å²) in [5.74, 6) is -0.362. The molecule has 0 unspecified atom stereocenters. The van der Waals surface area contributed by atoms with Crippen LogP contribution in [0.15, 0.2) is 53.6 Å². The van der Waals surface area contributed by atoms with Gasteiger partial charge in [-0.25, -0.2) is 5.43 Å². The smallest absolute Gasteiger partial charge is 0.329 e. The third-order valence-electron chi connectivity index (χ3n) is 3.51. The van der Waals surface area contributed by atoms with E-state index < -0.39 is 11.8 Å². The lowest BCUT2D eigenvalue weighted by atomic mass is 10.2. The van der Waals surface area contributed by atoms with E-state index in [0.29, 0.717) is 30.3 Å². The van der Waals surface area contributed by atoms with Crippen molar-refractivity contribution < 1.29 is 19.1 Å². The molecule has 0 radical (unpaired) electrons. The average Bonchev–Trinajstić information content (AvgIpc) is 2.68. The number of hydrazone groups is 1. The lowest BCUT2D eigenvalue weighted by Crippen LogP contribution is -2.41. The van der Waals surface area contributed by atoms with Crippen LogP contribution in [0.4, 0.5) is 0 Å². The molecule has 0 bridgehead atoms. The molecule has 0 aliphatic rings. The molecule has 2 amide bonds. The molecule has 0 atom stereocenters. The number of hydrogen-bond acceptors (Lipinski definition) is 5. The van der Waals surface area contributed by atoms with Crippen molar-refractivity contribution in [1.29, 1.82) is 0 Å². The van der Waals surface area contributed by atoms with E-state index in [1.807, 2.05) is 37.3 Å². The number of carbonyl (C=O) groups excluding carboxylic acids is 2. The van der Waals surface area contributed by atoms with Crippen LogP contribution in [-0.2, 0) is 16.2 Å². The summed E-state index contributed by atoms with van der Waals surface area (Å²) in [5, 5.41) is 6.30. The number of rotatable bonds is 8. The molecule has 0 fully saturated rings. The molecule has 148 valence electrons. The maximum Gasteiger partial charge on any atom is 0.329 e. The van der Waals surface area contributed by atoms with Crippen LogP contribution >= 0.6 is 0 Å². The summed E-state index contributed by atoms with van der Waals surface area (Å²) in [7, 11) is 0. The predicted octanol–water partition coefficient (Wildman–Crippen LogP) is 2.64. The van der Waals surface area contributed by atoms with E-state index >= 15 is 0 Å². The molecule has 0 aromatic heterocycles. The van der Waals surface area contributed by atoms with Crippen LogP contribution in [0.25, 0.3) is 0 Å². The zero-order valence-corrected chi connectivity index (χ0v) is 16.3. The monoisotopic (exact) mass is 383 g/mol. The van der Waals surface area contributed by atoms with Gasteiger partial charge in [0.2, 0.25) is 0 Å². The summed E-state index contributed by atoms with van der Waals surface area (Å²) in [5.41, 5.74) is 3.94. The van der Waals surface area contributed by atoms with Gasteiger partial charge < -0.3 is 14.8 Å². The number of carbonyl (C=O) groups is 2. The van der Waals surface area contributed by atoms with Crippen molar-refractivity contribution in [3.05, 3.63) is 59.7 Å². The molecular weight excluding hydrogens is 358 g/mol. The van der Waals surface area contributed by atoms with Crippen LogP contribution < -0.4 is 20.2 Å². The molecular formula is C21H25N3O4. The Morgan fingerprint density at radius 2 is 1.79 bits per heavy atom. The molecule has 0 aliphatic heterocycles. The van der Waals surface area contributed by atoms with E-state index in [2.05, 4.69) is 15.8 Å². The largest absolute Gasteiger partial charge is 0.490 e. The zero-order valence-electron chi connectivity index (χ0n) is 16.3. The van der Waals surface area contributed by atoms with Gasteiger partial charge in [-0.1, -0.05) is 30.3 Å². The van der Waals surface area contributed by atoms with Gasteiger partial charge in [0.1, 0.15) is 6.61 Å². The summed E-state index contributed by atoms with van der Waals surface area (Å²) >= 11 is 0. The van der Waals surface area contributed by atoms with E-state index in [-0.39, 0.29) is 6.04 Å².